The minimum atomic E-state index is 1.02. The Kier molecular flexibility index (Phi) is 2.22. The molecule has 0 nitrogen and oxygen atoms in total. The molecular weight excluding hydrogens is 106 g/mol. The van der Waals surface area contributed by atoms with Gasteiger partial charge in [-0.15, -0.1) is 0 Å². The number of hydrogen-bond acceptors (Lipinski definition) is 0. The molecule has 0 heterocycles. The average molecular weight is 115 g/mol. The summed E-state index contributed by atoms with van der Waals surface area (Å²) in [7, 11) is 0. The van der Waals surface area contributed by atoms with Crippen molar-refractivity contribution >= 4 is 18.6 Å². The van der Waals surface area contributed by atoms with Crippen molar-refractivity contribution in [2.45, 2.75) is 18.3 Å². The van der Waals surface area contributed by atoms with E-state index in [9.17, 15) is 0 Å². The summed E-state index contributed by atoms with van der Waals surface area (Å²) in [6.45, 7) is 4.50. The van der Waals surface area contributed by atoms with E-state index in [1.165, 1.54) is 0 Å². The molecule has 0 aromatic carbocycles. The molecule has 24 valence electrons. The molecule has 0 atom stereocenters. The third-order valence-corrected chi connectivity index (χ3v) is 0. The molecule has 0 radical (unpaired) electrons. The van der Waals surface area contributed by atoms with Gasteiger partial charge >= 0.3 is 36.9 Å². The summed E-state index contributed by atoms with van der Waals surface area (Å²) < 4.78 is 1.02. The van der Waals surface area contributed by atoms with E-state index in [0.717, 1.165) is 23.1 Å². The molecule has 0 N–H and O–H groups in total. The van der Waals surface area contributed by atoms with Crippen LogP contribution in [0.25, 0.3) is 0 Å². The Bertz CT molecular complexity index is 8.00. The van der Waals surface area contributed by atoms with Gasteiger partial charge in [0.1, 0.15) is 0 Å². The molecule has 0 saturated heterocycles. The molecule has 0 unspecified atom stereocenters. The van der Waals surface area contributed by atoms with E-state index in [2.05, 4.69) is 13.8 Å². The van der Waals surface area contributed by atoms with Gasteiger partial charge < -0.3 is 0 Å². The zero-order valence-corrected chi connectivity index (χ0v) is 7.77. The van der Waals surface area contributed by atoms with Gasteiger partial charge in [0.2, 0.25) is 0 Å². The first kappa shape index (κ1) is 4.64. The van der Waals surface area contributed by atoms with Crippen molar-refractivity contribution in [3.05, 3.63) is 0 Å². The summed E-state index contributed by atoms with van der Waals surface area (Å²) in [5.41, 5.74) is 0. The third-order valence-electron chi connectivity index (χ3n) is 0. The van der Waals surface area contributed by atoms with E-state index >= 15 is 0 Å². The zero-order valence-electron chi connectivity index (χ0n) is 3.58. The quantitative estimate of drug-likeness (QED) is 0.402. The fraction of sp³-hybridized carbons (Fsp3) is 1.00. The fourth-order valence-corrected chi connectivity index (χ4v) is 0. The molecule has 0 amide bonds. The molecule has 0 fully saturated rings. The molecule has 0 aliphatic heterocycles. The molecule has 0 aromatic heterocycles. The molecule has 0 bridgehead atoms. The first-order chi connectivity index (χ1) is 1.73. The van der Waals surface area contributed by atoms with Crippen molar-refractivity contribution < 1.29 is 0 Å². The second-order valence-electron chi connectivity index (χ2n) is 1.73. The van der Waals surface area contributed by atoms with Gasteiger partial charge in [-0.1, -0.05) is 0 Å². The standard InChI is InChI=1S/C3H7.Ga.2H/c1-3-2;;;/h3H,1-2H3;;;. The van der Waals surface area contributed by atoms with Crippen molar-refractivity contribution in [2.75, 3.05) is 0 Å². The van der Waals surface area contributed by atoms with Crippen LogP contribution in [0.15, 0.2) is 0 Å². The van der Waals surface area contributed by atoms with Gasteiger partial charge in [-0.05, 0) is 0 Å². The van der Waals surface area contributed by atoms with Gasteiger partial charge in [-0.3, -0.25) is 0 Å². The normalized spacial score (nSPS) is 8.75. The van der Waals surface area contributed by atoms with Crippen LogP contribution < -0.4 is 0 Å². The SMILES string of the molecule is C[CH](C)[GaH2]. The maximum atomic E-state index is 2.25. The van der Waals surface area contributed by atoms with Crippen LogP contribution in [0.3, 0.4) is 0 Å². The van der Waals surface area contributed by atoms with Crippen LogP contribution in [0.5, 0.6) is 0 Å². The van der Waals surface area contributed by atoms with Crippen LogP contribution in [-0.4, -0.2) is 18.6 Å². The van der Waals surface area contributed by atoms with Crippen molar-refractivity contribution in [3.8, 4) is 0 Å². The molecule has 0 aromatic rings. The van der Waals surface area contributed by atoms with Gasteiger partial charge in [0.05, 0.1) is 0 Å². The van der Waals surface area contributed by atoms with E-state index in [0.29, 0.717) is 0 Å². The van der Waals surface area contributed by atoms with E-state index in [1.54, 1.807) is 0 Å². The predicted octanol–water partition coefficient (Wildman–Crippen LogP) is 0.448. The molecular formula is C3H9Ga. The molecule has 1 heteroatoms. The zero-order chi connectivity index (χ0) is 3.58. The Labute approximate surface area is 37.5 Å². The second kappa shape index (κ2) is 1.91. The molecule has 0 saturated carbocycles. The van der Waals surface area contributed by atoms with Crippen LogP contribution in [0, 0.1) is 0 Å². The fourth-order valence-electron chi connectivity index (χ4n) is 0. The number of hydrogen-bond donors (Lipinski definition) is 0. The molecule has 4 heavy (non-hydrogen) atoms. The number of rotatable bonds is 0. The van der Waals surface area contributed by atoms with Gasteiger partial charge in [0, 0.05) is 0 Å². The van der Waals surface area contributed by atoms with Crippen molar-refractivity contribution in [3.63, 3.8) is 0 Å². The van der Waals surface area contributed by atoms with E-state index in [4.69, 9.17) is 0 Å². The van der Waals surface area contributed by atoms with E-state index in [1.807, 2.05) is 0 Å². The summed E-state index contributed by atoms with van der Waals surface area (Å²) in [4.78, 5) is 0. The second-order valence-corrected chi connectivity index (χ2v) is 6.58. The van der Waals surface area contributed by atoms with Crippen molar-refractivity contribution in [2.24, 2.45) is 0 Å². The van der Waals surface area contributed by atoms with Gasteiger partial charge in [0.25, 0.3) is 0 Å². The Morgan fingerprint density at radius 2 is 1.50 bits per heavy atom. The summed E-state index contributed by atoms with van der Waals surface area (Å²) in [5.74, 6) is 0. The minimum absolute atomic E-state index is 1.02. The van der Waals surface area contributed by atoms with E-state index < -0.39 is 0 Å². The Morgan fingerprint density at radius 1 is 1.50 bits per heavy atom. The molecule has 0 rings (SSSR count). The monoisotopic (exact) mass is 114 g/mol. The molecule has 0 aliphatic carbocycles. The topological polar surface area (TPSA) is 0 Å². The van der Waals surface area contributed by atoms with Crippen LogP contribution in [0.2, 0.25) is 4.47 Å². The first-order valence-corrected chi connectivity index (χ1v) is 4.15. The first-order valence-electron chi connectivity index (χ1n) is 1.73. The molecule has 0 aliphatic rings. The third kappa shape index (κ3) is 17.4. The Morgan fingerprint density at radius 3 is 1.50 bits per heavy atom. The van der Waals surface area contributed by atoms with Crippen LogP contribution in [-0.2, 0) is 0 Å². The molecule has 0 spiro atoms. The van der Waals surface area contributed by atoms with Crippen molar-refractivity contribution in [1.82, 2.24) is 0 Å². The summed E-state index contributed by atoms with van der Waals surface area (Å²) >= 11 is 1.06. The van der Waals surface area contributed by atoms with Crippen LogP contribution in [0.4, 0.5) is 0 Å². The maximum absolute atomic E-state index is 2.25. The summed E-state index contributed by atoms with van der Waals surface area (Å²) in [6.07, 6.45) is 0. The van der Waals surface area contributed by atoms with Crippen molar-refractivity contribution in [1.29, 1.82) is 0 Å². The van der Waals surface area contributed by atoms with Gasteiger partial charge in [-0.25, -0.2) is 0 Å². The summed E-state index contributed by atoms with van der Waals surface area (Å²) in [5, 5.41) is 0. The Hall–Kier alpha value is 0.636. The Balaban J connectivity index is 2.32. The van der Waals surface area contributed by atoms with Crippen LogP contribution >= 0.6 is 0 Å². The van der Waals surface area contributed by atoms with E-state index in [-0.39, 0.29) is 0 Å². The van der Waals surface area contributed by atoms with Crippen LogP contribution in [0.1, 0.15) is 13.8 Å². The predicted molar refractivity (Wildman–Crippen MR) is 23.6 cm³/mol. The van der Waals surface area contributed by atoms with Gasteiger partial charge in [0.15, 0.2) is 0 Å². The van der Waals surface area contributed by atoms with Gasteiger partial charge in [-0.2, -0.15) is 0 Å². The summed E-state index contributed by atoms with van der Waals surface area (Å²) in [6, 6.07) is 0. The average Bonchev–Trinajstić information content (AvgIpc) is 0.811.